The molecule has 278 valence electrons. The third-order valence-corrected chi connectivity index (χ3v) is 10.5. The van der Waals surface area contributed by atoms with E-state index in [9.17, 15) is 0 Å². The van der Waals surface area contributed by atoms with Gasteiger partial charge in [0.2, 0.25) is 0 Å². The number of allylic oxidation sites excluding steroid dienone is 6. The standard InChI is InChI=1S/C27H21N3.C13H10S.C5H8.C4H8.C2H6/c1-18-15-16-25-22(17-18)20-11-6-8-14-24(20)30(25)27-21-12-5-7-13-23(21)28-26(29-27)19-9-3-2-4-10-19;1-9-5-4-7-11-10-6-2-3-8-12(10)14-13(9)11;1-3-5-4-2;1-3-4-2;1-2/h2-5,7-10,12-17H,6,11H2,1H3;2-8H,1H3;3-5H,1H2,2H3;3-4H,1-2H3;1-2H3/b;;5-4-;4-3-;. The van der Waals surface area contributed by atoms with Gasteiger partial charge in [0, 0.05) is 36.5 Å². The normalized spacial score (nSPS) is 11.6. The molecule has 0 saturated carbocycles. The van der Waals surface area contributed by atoms with Crippen LogP contribution in [0.1, 0.15) is 63.4 Å². The van der Waals surface area contributed by atoms with E-state index < -0.39 is 0 Å². The second kappa shape index (κ2) is 20.0. The van der Waals surface area contributed by atoms with Crippen LogP contribution in [0.4, 0.5) is 0 Å². The minimum absolute atomic E-state index is 0.756. The van der Waals surface area contributed by atoms with Crippen LogP contribution in [0.25, 0.3) is 65.3 Å². The Morgan fingerprint density at radius 2 is 1.38 bits per heavy atom. The van der Waals surface area contributed by atoms with Gasteiger partial charge >= 0.3 is 0 Å². The summed E-state index contributed by atoms with van der Waals surface area (Å²) in [6.45, 7) is 17.8. The molecule has 0 saturated heterocycles. The summed E-state index contributed by atoms with van der Waals surface area (Å²) in [5, 5.41) is 5.18. The summed E-state index contributed by atoms with van der Waals surface area (Å²) in [7, 11) is 0. The average molecular weight is 740 g/mol. The van der Waals surface area contributed by atoms with E-state index in [2.05, 4.69) is 128 Å². The Bertz CT molecular complexity index is 2580. The number of fused-ring (bicyclic) bond motifs is 7. The second-order valence-corrected chi connectivity index (χ2v) is 13.9. The van der Waals surface area contributed by atoms with E-state index in [1.54, 1.807) is 6.08 Å². The molecule has 4 heteroatoms. The molecule has 3 nitrogen and oxygen atoms in total. The topological polar surface area (TPSA) is 30.7 Å². The van der Waals surface area contributed by atoms with Crippen molar-refractivity contribution in [3.63, 3.8) is 0 Å². The fraction of sp³-hybridized carbons (Fsp3) is 0.176. The quantitative estimate of drug-likeness (QED) is 0.133. The molecule has 0 bridgehead atoms. The number of thiophene rings is 1. The number of para-hydroxylation sites is 1. The molecule has 0 radical (unpaired) electrons. The number of hydrogen-bond donors (Lipinski definition) is 0. The van der Waals surface area contributed by atoms with E-state index in [1.807, 2.05) is 94.5 Å². The molecule has 0 atom stereocenters. The van der Waals surface area contributed by atoms with Crippen molar-refractivity contribution in [2.24, 2.45) is 0 Å². The maximum Gasteiger partial charge on any atom is 0.162 e. The molecule has 5 aromatic carbocycles. The van der Waals surface area contributed by atoms with Crippen molar-refractivity contribution in [1.82, 2.24) is 14.5 Å². The first-order valence-corrected chi connectivity index (χ1v) is 20.1. The van der Waals surface area contributed by atoms with Gasteiger partial charge in [0.05, 0.1) is 16.7 Å². The summed E-state index contributed by atoms with van der Waals surface area (Å²) in [5.41, 5.74) is 8.52. The summed E-state index contributed by atoms with van der Waals surface area (Å²) in [6, 6.07) is 40.4. The van der Waals surface area contributed by atoms with Gasteiger partial charge in [-0.25, -0.2) is 9.97 Å². The Morgan fingerprint density at radius 3 is 2.09 bits per heavy atom. The second-order valence-electron chi connectivity index (χ2n) is 12.9. The highest BCUT2D eigenvalue weighted by molar-refractivity contribution is 7.26. The van der Waals surface area contributed by atoms with Gasteiger partial charge in [-0.1, -0.05) is 147 Å². The third kappa shape index (κ3) is 9.28. The van der Waals surface area contributed by atoms with Crippen LogP contribution in [0.3, 0.4) is 0 Å². The zero-order chi connectivity index (χ0) is 39.2. The van der Waals surface area contributed by atoms with Gasteiger partial charge in [-0.05, 0) is 95.0 Å². The molecule has 0 aliphatic heterocycles. The number of hydrogen-bond acceptors (Lipinski definition) is 3. The van der Waals surface area contributed by atoms with Crippen LogP contribution < -0.4 is 0 Å². The van der Waals surface area contributed by atoms with Crippen molar-refractivity contribution in [2.75, 3.05) is 0 Å². The van der Waals surface area contributed by atoms with Crippen molar-refractivity contribution in [3.05, 3.63) is 181 Å². The van der Waals surface area contributed by atoms with Gasteiger partial charge in [0.1, 0.15) is 5.82 Å². The van der Waals surface area contributed by atoms with Crippen LogP contribution >= 0.6 is 11.3 Å². The fourth-order valence-corrected chi connectivity index (χ4v) is 7.72. The van der Waals surface area contributed by atoms with Gasteiger partial charge in [0.25, 0.3) is 0 Å². The number of benzene rings is 5. The number of aromatic nitrogens is 3. The Morgan fingerprint density at radius 1 is 0.691 bits per heavy atom. The molecule has 0 fully saturated rings. The molecular formula is C51H53N3S. The fourth-order valence-electron chi connectivity index (χ4n) is 6.55. The molecule has 9 rings (SSSR count). The first kappa shape index (κ1) is 40.3. The van der Waals surface area contributed by atoms with Crippen LogP contribution in [-0.2, 0) is 6.42 Å². The molecule has 0 N–H and O–H groups in total. The van der Waals surface area contributed by atoms with Crippen molar-refractivity contribution in [3.8, 4) is 17.2 Å². The maximum absolute atomic E-state index is 5.11. The molecule has 3 aromatic heterocycles. The lowest BCUT2D eigenvalue weighted by Gasteiger charge is -2.14. The minimum atomic E-state index is 0.756. The number of rotatable bonds is 3. The predicted molar refractivity (Wildman–Crippen MR) is 245 cm³/mol. The third-order valence-electron chi connectivity index (χ3n) is 9.19. The van der Waals surface area contributed by atoms with Crippen LogP contribution in [0.2, 0.25) is 0 Å². The molecule has 1 aliphatic rings. The summed E-state index contributed by atoms with van der Waals surface area (Å²) >= 11 is 1.89. The van der Waals surface area contributed by atoms with E-state index in [0.29, 0.717) is 0 Å². The van der Waals surface area contributed by atoms with Crippen molar-refractivity contribution >= 4 is 59.4 Å². The molecule has 0 spiro atoms. The predicted octanol–water partition coefficient (Wildman–Crippen LogP) is 15.2. The zero-order valence-corrected chi connectivity index (χ0v) is 34.2. The highest BCUT2D eigenvalue weighted by Gasteiger charge is 2.21. The van der Waals surface area contributed by atoms with Crippen LogP contribution in [0.15, 0.2) is 158 Å². The molecular weight excluding hydrogens is 687 g/mol. The first-order chi connectivity index (χ1) is 27.0. The lowest BCUT2D eigenvalue weighted by molar-refractivity contribution is 0.954. The SMILES string of the molecule is C/C=C\C.C=C/C=C\C.CC.Cc1ccc2c(c1)c1c(n2-c2nc(-c3ccccc3)nc3ccccc23)C=CCC1.Cc1cccc2c1sc1ccccc12. The summed E-state index contributed by atoms with van der Waals surface area (Å²) in [5.74, 6) is 1.70. The molecule has 3 heterocycles. The Kier molecular flexibility index (Phi) is 14.7. The van der Waals surface area contributed by atoms with Gasteiger partial charge in [0.15, 0.2) is 5.82 Å². The first-order valence-electron chi connectivity index (χ1n) is 19.3. The van der Waals surface area contributed by atoms with E-state index in [0.717, 1.165) is 41.0 Å². The van der Waals surface area contributed by atoms with Crippen LogP contribution in [-0.4, -0.2) is 14.5 Å². The van der Waals surface area contributed by atoms with Crippen molar-refractivity contribution in [1.29, 1.82) is 0 Å². The highest BCUT2D eigenvalue weighted by atomic mass is 32.1. The molecule has 0 amide bonds. The van der Waals surface area contributed by atoms with Gasteiger partial charge in [-0.15, -0.1) is 11.3 Å². The van der Waals surface area contributed by atoms with E-state index in [1.165, 1.54) is 53.5 Å². The minimum Gasteiger partial charge on any atom is -0.294 e. The number of aryl methyl sites for hydroxylation is 3. The number of nitrogens with zero attached hydrogens (tertiary/aromatic N) is 3. The van der Waals surface area contributed by atoms with E-state index in [-0.39, 0.29) is 0 Å². The molecule has 55 heavy (non-hydrogen) atoms. The average Bonchev–Trinajstić information content (AvgIpc) is 3.79. The summed E-state index contributed by atoms with van der Waals surface area (Å²) in [4.78, 5) is 9.99. The largest absolute Gasteiger partial charge is 0.294 e. The van der Waals surface area contributed by atoms with Gasteiger partial charge in [-0.3, -0.25) is 4.57 Å². The molecule has 1 aliphatic carbocycles. The van der Waals surface area contributed by atoms with Crippen molar-refractivity contribution in [2.45, 2.75) is 61.3 Å². The maximum atomic E-state index is 5.11. The van der Waals surface area contributed by atoms with Gasteiger partial charge in [-0.2, -0.15) is 0 Å². The Labute approximate surface area is 331 Å². The molecule has 0 unspecified atom stereocenters. The van der Waals surface area contributed by atoms with E-state index >= 15 is 0 Å². The smallest absolute Gasteiger partial charge is 0.162 e. The monoisotopic (exact) mass is 739 g/mol. The Hall–Kier alpha value is -5.84. The lowest BCUT2D eigenvalue weighted by Crippen LogP contribution is -2.05. The van der Waals surface area contributed by atoms with Crippen LogP contribution in [0.5, 0.6) is 0 Å². The molecule has 8 aromatic rings. The zero-order valence-electron chi connectivity index (χ0n) is 33.4. The van der Waals surface area contributed by atoms with Crippen LogP contribution in [0, 0.1) is 13.8 Å². The Balaban J connectivity index is 0.000000192. The summed E-state index contributed by atoms with van der Waals surface area (Å²) in [6.07, 6.45) is 16.2. The summed E-state index contributed by atoms with van der Waals surface area (Å²) < 4.78 is 5.14. The highest BCUT2D eigenvalue weighted by Crippen LogP contribution is 2.37. The van der Waals surface area contributed by atoms with E-state index in [4.69, 9.17) is 9.97 Å². The van der Waals surface area contributed by atoms with Crippen molar-refractivity contribution < 1.29 is 0 Å². The lowest BCUT2D eigenvalue weighted by atomic mass is 10.00. The van der Waals surface area contributed by atoms with Gasteiger partial charge < -0.3 is 0 Å².